The molecule has 3 heterocycles. The Morgan fingerprint density at radius 3 is 2.48 bits per heavy atom. The summed E-state index contributed by atoms with van der Waals surface area (Å²) < 4.78 is 2.45. The van der Waals surface area contributed by atoms with Crippen molar-refractivity contribution < 1.29 is 4.79 Å². The SMILES string of the molecule is CCCCc1nc(SCC(=O)N2CCC(C)CC2)c2c(=O)n(C)c(=O)n(C)c2n1. The zero-order valence-electron chi connectivity index (χ0n) is 17.6. The minimum Gasteiger partial charge on any atom is -0.342 e. The molecule has 2 aromatic rings. The number of piperidine rings is 1. The first kappa shape index (κ1) is 21.5. The highest BCUT2D eigenvalue weighted by molar-refractivity contribution is 8.00. The first-order valence-corrected chi connectivity index (χ1v) is 11.2. The van der Waals surface area contributed by atoms with Crippen LogP contribution in [0, 0.1) is 5.92 Å². The second kappa shape index (κ2) is 9.11. The lowest BCUT2D eigenvalue weighted by Gasteiger charge is -2.30. The van der Waals surface area contributed by atoms with E-state index in [-0.39, 0.29) is 11.7 Å². The summed E-state index contributed by atoms with van der Waals surface area (Å²) in [5.41, 5.74) is -0.509. The van der Waals surface area contributed by atoms with Crippen molar-refractivity contribution >= 4 is 28.7 Å². The number of aromatic nitrogens is 4. The molecular formula is C20H29N5O3S. The third-order valence-electron chi connectivity index (χ3n) is 5.54. The Labute approximate surface area is 174 Å². The van der Waals surface area contributed by atoms with Gasteiger partial charge in [0.1, 0.15) is 16.2 Å². The van der Waals surface area contributed by atoms with Gasteiger partial charge in [-0.25, -0.2) is 14.8 Å². The van der Waals surface area contributed by atoms with Gasteiger partial charge in [0.15, 0.2) is 5.65 Å². The first-order valence-electron chi connectivity index (χ1n) is 10.2. The van der Waals surface area contributed by atoms with Gasteiger partial charge in [0.05, 0.1) is 5.75 Å². The molecule has 29 heavy (non-hydrogen) atoms. The minimum atomic E-state index is -0.424. The molecule has 0 saturated carbocycles. The van der Waals surface area contributed by atoms with Gasteiger partial charge in [0.2, 0.25) is 5.91 Å². The fourth-order valence-corrected chi connectivity index (χ4v) is 4.44. The lowest BCUT2D eigenvalue weighted by molar-refractivity contribution is -0.129. The predicted octanol–water partition coefficient (Wildman–Crippen LogP) is 1.72. The van der Waals surface area contributed by atoms with Crippen molar-refractivity contribution in [2.75, 3.05) is 18.8 Å². The summed E-state index contributed by atoms with van der Waals surface area (Å²) in [4.78, 5) is 48.8. The number of unbranched alkanes of at least 4 members (excludes halogenated alkanes) is 1. The van der Waals surface area contributed by atoms with E-state index in [9.17, 15) is 14.4 Å². The monoisotopic (exact) mass is 419 g/mol. The Kier molecular flexibility index (Phi) is 6.77. The molecule has 8 nitrogen and oxygen atoms in total. The average Bonchev–Trinajstić information content (AvgIpc) is 2.73. The quantitative estimate of drug-likeness (QED) is 0.523. The molecule has 0 unspecified atom stereocenters. The van der Waals surface area contributed by atoms with Gasteiger partial charge in [-0.1, -0.05) is 32.0 Å². The average molecular weight is 420 g/mol. The van der Waals surface area contributed by atoms with E-state index in [0.717, 1.165) is 43.3 Å². The molecule has 0 N–H and O–H groups in total. The maximum atomic E-state index is 12.8. The third kappa shape index (κ3) is 4.55. The molecule has 3 rings (SSSR count). The molecule has 0 radical (unpaired) electrons. The zero-order chi connectivity index (χ0) is 21.1. The standard InChI is InChI=1S/C20H29N5O3S/c1-5-6-7-14-21-17-16(19(27)24(4)20(28)23(17)3)18(22-14)29-12-15(26)25-10-8-13(2)9-11-25/h13H,5-12H2,1-4H3. The van der Waals surface area contributed by atoms with Crippen LogP contribution in [0.5, 0.6) is 0 Å². The highest BCUT2D eigenvalue weighted by Gasteiger charge is 2.22. The molecule has 1 amide bonds. The van der Waals surface area contributed by atoms with E-state index in [0.29, 0.717) is 34.2 Å². The summed E-state index contributed by atoms with van der Waals surface area (Å²) in [6.45, 7) is 5.86. The van der Waals surface area contributed by atoms with Crippen LogP contribution in [-0.2, 0) is 25.3 Å². The number of carbonyl (C=O) groups is 1. The van der Waals surface area contributed by atoms with Crippen molar-refractivity contribution in [1.82, 2.24) is 24.0 Å². The number of carbonyl (C=O) groups excluding carboxylic acids is 1. The Morgan fingerprint density at radius 2 is 1.83 bits per heavy atom. The van der Waals surface area contributed by atoms with Gasteiger partial charge in [-0.15, -0.1) is 0 Å². The fourth-order valence-electron chi connectivity index (χ4n) is 3.50. The van der Waals surface area contributed by atoms with Crippen molar-refractivity contribution in [3.8, 4) is 0 Å². The van der Waals surface area contributed by atoms with Crippen LogP contribution in [0.2, 0.25) is 0 Å². The zero-order valence-corrected chi connectivity index (χ0v) is 18.4. The summed E-state index contributed by atoms with van der Waals surface area (Å²) in [5, 5.41) is 0.788. The van der Waals surface area contributed by atoms with Gasteiger partial charge in [0, 0.05) is 33.6 Å². The number of nitrogens with zero attached hydrogens (tertiary/aromatic N) is 5. The maximum Gasteiger partial charge on any atom is 0.332 e. The number of amides is 1. The first-order chi connectivity index (χ1) is 13.8. The van der Waals surface area contributed by atoms with Crippen molar-refractivity contribution in [3.05, 3.63) is 26.7 Å². The highest BCUT2D eigenvalue weighted by atomic mass is 32.2. The maximum absolute atomic E-state index is 12.8. The van der Waals surface area contributed by atoms with Crippen LogP contribution in [0.1, 0.15) is 45.4 Å². The van der Waals surface area contributed by atoms with E-state index in [1.165, 1.54) is 23.4 Å². The molecule has 1 aliphatic rings. The Balaban J connectivity index is 1.95. The van der Waals surface area contributed by atoms with Crippen LogP contribution in [0.15, 0.2) is 14.6 Å². The van der Waals surface area contributed by atoms with E-state index in [1.54, 1.807) is 7.05 Å². The number of aryl methyl sites for hydroxylation is 2. The number of rotatable bonds is 6. The Morgan fingerprint density at radius 1 is 1.14 bits per heavy atom. The van der Waals surface area contributed by atoms with E-state index < -0.39 is 11.2 Å². The van der Waals surface area contributed by atoms with E-state index in [2.05, 4.69) is 23.8 Å². The van der Waals surface area contributed by atoms with Crippen LogP contribution in [-0.4, -0.2) is 48.8 Å². The molecule has 1 aliphatic heterocycles. The summed E-state index contributed by atoms with van der Waals surface area (Å²) in [6, 6.07) is 0. The predicted molar refractivity (Wildman–Crippen MR) is 114 cm³/mol. The third-order valence-corrected chi connectivity index (χ3v) is 6.50. The number of likely N-dealkylation sites (tertiary alicyclic amines) is 1. The van der Waals surface area contributed by atoms with E-state index >= 15 is 0 Å². The summed E-state index contributed by atoms with van der Waals surface area (Å²) in [7, 11) is 3.05. The van der Waals surface area contributed by atoms with Crippen molar-refractivity contribution in [2.45, 2.75) is 51.0 Å². The normalized spacial score (nSPS) is 15.2. The molecule has 0 bridgehead atoms. The number of fused-ring (bicyclic) bond motifs is 1. The largest absolute Gasteiger partial charge is 0.342 e. The van der Waals surface area contributed by atoms with Crippen molar-refractivity contribution in [1.29, 1.82) is 0 Å². The van der Waals surface area contributed by atoms with Gasteiger partial charge >= 0.3 is 5.69 Å². The van der Waals surface area contributed by atoms with Gasteiger partial charge in [-0.2, -0.15) is 0 Å². The van der Waals surface area contributed by atoms with Gasteiger partial charge in [-0.05, 0) is 25.2 Å². The summed E-state index contributed by atoms with van der Waals surface area (Å²) in [6.07, 6.45) is 4.62. The summed E-state index contributed by atoms with van der Waals surface area (Å²) in [5.74, 6) is 1.54. The Bertz CT molecular complexity index is 1020. The van der Waals surface area contributed by atoms with Gasteiger partial charge in [0.25, 0.3) is 5.56 Å². The number of hydrogen-bond donors (Lipinski definition) is 0. The molecule has 1 saturated heterocycles. The molecule has 0 atom stereocenters. The molecule has 9 heteroatoms. The van der Waals surface area contributed by atoms with Crippen LogP contribution in [0.25, 0.3) is 11.0 Å². The molecule has 1 fully saturated rings. The lowest BCUT2D eigenvalue weighted by Crippen LogP contribution is -2.39. The minimum absolute atomic E-state index is 0.0606. The van der Waals surface area contributed by atoms with Gasteiger partial charge in [-0.3, -0.25) is 18.7 Å². The molecule has 158 valence electrons. The molecular weight excluding hydrogens is 390 g/mol. The highest BCUT2D eigenvalue weighted by Crippen LogP contribution is 2.24. The second-order valence-electron chi connectivity index (χ2n) is 7.80. The number of thioether (sulfide) groups is 1. The topological polar surface area (TPSA) is 90.1 Å². The van der Waals surface area contributed by atoms with Crippen LogP contribution >= 0.6 is 11.8 Å². The van der Waals surface area contributed by atoms with Crippen LogP contribution in [0.4, 0.5) is 0 Å². The summed E-state index contributed by atoms with van der Waals surface area (Å²) >= 11 is 1.27. The molecule has 0 aliphatic carbocycles. The van der Waals surface area contributed by atoms with Crippen molar-refractivity contribution in [3.63, 3.8) is 0 Å². The van der Waals surface area contributed by atoms with Gasteiger partial charge < -0.3 is 4.90 Å². The number of hydrogen-bond acceptors (Lipinski definition) is 6. The van der Waals surface area contributed by atoms with E-state index in [4.69, 9.17) is 0 Å². The fraction of sp³-hybridized carbons (Fsp3) is 0.650. The van der Waals surface area contributed by atoms with Crippen molar-refractivity contribution in [2.24, 2.45) is 20.0 Å². The van der Waals surface area contributed by atoms with Crippen LogP contribution in [0.3, 0.4) is 0 Å². The lowest BCUT2D eigenvalue weighted by atomic mass is 9.99. The smallest absolute Gasteiger partial charge is 0.332 e. The second-order valence-corrected chi connectivity index (χ2v) is 8.77. The molecule has 0 aromatic carbocycles. The van der Waals surface area contributed by atoms with E-state index in [1.807, 2.05) is 4.90 Å². The molecule has 0 spiro atoms. The molecule has 2 aromatic heterocycles. The van der Waals surface area contributed by atoms with Crippen LogP contribution < -0.4 is 11.2 Å². The Hall–Kier alpha value is -2.16.